The van der Waals surface area contributed by atoms with Gasteiger partial charge in [0, 0.05) is 19.2 Å². The van der Waals surface area contributed by atoms with E-state index in [0.717, 1.165) is 11.1 Å². The highest BCUT2D eigenvalue weighted by molar-refractivity contribution is 5.90. The summed E-state index contributed by atoms with van der Waals surface area (Å²) in [4.78, 5) is 52.9. The molecule has 3 rings (SSSR count). The van der Waals surface area contributed by atoms with Gasteiger partial charge in [0.25, 0.3) is 0 Å². The van der Waals surface area contributed by atoms with E-state index in [4.69, 9.17) is 0 Å². The highest BCUT2D eigenvalue weighted by Crippen LogP contribution is 2.25. The number of nitrogens with one attached hydrogen (secondary N) is 3. The number of rotatable bonds is 14. The molecule has 0 aliphatic carbocycles. The Morgan fingerprint density at radius 2 is 1.53 bits per heavy atom. The number of alkyl halides is 3. The summed E-state index contributed by atoms with van der Waals surface area (Å²) in [6.07, 6.45) is -3.41. The number of aliphatic hydroxyl groups is 1. The van der Waals surface area contributed by atoms with Gasteiger partial charge < -0.3 is 25.8 Å². The van der Waals surface area contributed by atoms with Crippen molar-refractivity contribution >= 4 is 29.6 Å². The first-order chi connectivity index (χ1) is 20.6. The molecule has 0 spiro atoms. The summed E-state index contributed by atoms with van der Waals surface area (Å²) in [5, 5.41) is 17.7. The molecule has 0 saturated carbocycles. The lowest BCUT2D eigenvalue weighted by Crippen LogP contribution is -2.50. The summed E-state index contributed by atoms with van der Waals surface area (Å²) < 4.78 is 41.7. The van der Waals surface area contributed by atoms with Crippen LogP contribution in [-0.4, -0.2) is 59.2 Å². The van der Waals surface area contributed by atoms with E-state index in [-0.39, 0.29) is 6.42 Å². The number of halogens is 3. The Morgan fingerprint density at radius 3 is 2.16 bits per heavy atom. The second-order valence-corrected chi connectivity index (χ2v) is 9.41. The van der Waals surface area contributed by atoms with Crippen LogP contribution >= 0.6 is 0 Å². The number of anilines is 1. The van der Waals surface area contributed by atoms with Crippen molar-refractivity contribution < 1.29 is 42.2 Å². The summed E-state index contributed by atoms with van der Waals surface area (Å²) in [5.74, 6) is -4.91. The molecule has 2 atom stereocenters. The van der Waals surface area contributed by atoms with E-state index in [1.807, 2.05) is 36.4 Å². The van der Waals surface area contributed by atoms with Crippen molar-refractivity contribution in [1.82, 2.24) is 15.6 Å². The Balaban J connectivity index is 1.62. The average Bonchev–Trinajstić information content (AvgIpc) is 2.99. The maximum Gasteiger partial charge on any atom is 0.491 e. The highest BCUT2D eigenvalue weighted by atomic mass is 19.4. The molecule has 2 aromatic carbocycles. The molecular weight excluding hydrogens is 569 g/mol. The van der Waals surface area contributed by atoms with E-state index in [2.05, 4.69) is 25.7 Å². The molecule has 0 aliphatic rings. The average molecular weight is 601 g/mol. The zero-order valence-electron chi connectivity index (χ0n) is 23.0. The standard InChI is InChI=1S/C30H31F3N4O6/c31-30(32,33)29(42)43-27(40)18-23(22-14-12-21(13-15-22)20-8-2-1-3-9-20)37-28(41)24(19-38)36-26(39)11-5-7-17-35-25-10-4-6-16-34-25/h1-4,6,8-10,12-16,23-24,38H,5,7,11,17-19H2,(H,34,35)(H,36,39)(H,37,41)/t23?,24-/m0/s1. The minimum absolute atomic E-state index is 0.0595. The van der Waals surface area contributed by atoms with Crippen molar-refractivity contribution in [3.63, 3.8) is 0 Å². The van der Waals surface area contributed by atoms with E-state index in [1.54, 1.807) is 42.6 Å². The predicted molar refractivity (Wildman–Crippen MR) is 150 cm³/mol. The number of hydrogen-bond acceptors (Lipinski definition) is 8. The lowest BCUT2D eigenvalue weighted by Gasteiger charge is -2.23. The molecule has 10 nitrogen and oxygen atoms in total. The first-order valence-electron chi connectivity index (χ1n) is 13.4. The first kappa shape index (κ1) is 32.7. The van der Waals surface area contributed by atoms with Crippen LogP contribution in [0.2, 0.25) is 0 Å². The number of ether oxygens (including phenoxy) is 1. The Bertz CT molecular complexity index is 1360. The maximum atomic E-state index is 13.0. The second kappa shape index (κ2) is 16.0. The van der Waals surface area contributed by atoms with E-state index in [1.165, 1.54) is 0 Å². The zero-order chi connectivity index (χ0) is 31.2. The van der Waals surface area contributed by atoms with Gasteiger partial charge in [0.2, 0.25) is 11.8 Å². The van der Waals surface area contributed by atoms with Gasteiger partial charge in [0.15, 0.2) is 0 Å². The van der Waals surface area contributed by atoms with Gasteiger partial charge in [-0.2, -0.15) is 13.2 Å². The van der Waals surface area contributed by atoms with Crippen LogP contribution in [0.3, 0.4) is 0 Å². The molecule has 0 fully saturated rings. The smallest absolute Gasteiger partial charge is 0.394 e. The summed E-state index contributed by atoms with van der Waals surface area (Å²) in [7, 11) is 0. The number of pyridine rings is 1. The molecule has 3 aromatic rings. The molecule has 1 aromatic heterocycles. The third kappa shape index (κ3) is 10.9. The van der Waals surface area contributed by atoms with E-state index >= 15 is 0 Å². The van der Waals surface area contributed by atoms with Gasteiger partial charge in [-0.15, -0.1) is 0 Å². The van der Waals surface area contributed by atoms with Crippen LogP contribution in [0.25, 0.3) is 11.1 Å². The third-order valence-corrected chi connectivity index (χ3v) is 6.18. The molecule has 1 unspecified atom stereocenters. The fourth-order valence-electron chi connectivity index (χ4n) is 3.99. The summed E-state index contributed by atoms with van der Waals surface area (Å²) in [5.41, 5.74) is 1.98. The van der Waals surface area contributed by atoms with Crippen LogP contribution in [-0.2, 0) is 23.9 Å². The number of amides is 2. The molecule has 0 radical (unpaired) electrons. The molecule has 43 heavy (non-hydrogen) atoms. The monoisotopic (exact) mass is 600 g/mol. The molecule has 4 N–H and O–H groups in total. The molecule has 0 saturated heterocycles. The quantitative estimate of drug-likeness (QED) is 0.125. The highest BCUT2D eigenvalue weighted by Gasteiger charge is 2.42. The van der Waals surface area contributed by atoms with Gasteiger partial charge in [-0.3, -0.25) is 14.4 Å². The first-order valence-corrected chi connectivity index (χ1v) is 13.4. The number of nitrogens with zero attached hydrogens (tertiary/aromatic N) is 1. The van der Waals surface area contributed by atoms with Crippen LogP contribution in [0.4, 0.5) is 19.0 Å². The molecule has 13 heteroatoms. The van der Waals surface area contributed by atoms with Crippen molar-refractivity contribution in [3.8, 4) is 11.1 Å². The van der Waals surface area contributed by atoms with Crippen LogP contribution in [0.5, 0.6) is 0 Å². The Labute approximate surface area is 245 Å². The van der Waals surface area contributed by atoms with Gasteiger partial charge >= 0.3 is 18.1 Å². The minimum Gasteiger partial charge on any atom is -0.394 e. The zero-order valence-corrected chi connectivity index (χ0v) is 23.0. The molecule has 2 amide bonds. The maximum absolute atomic E-state index is 13.0. The fourth-order valence-corrected chi connectivity index (χ4v) is 3.99. The van der Waals surface area contributed by atoms with E-state index in [9.17, 15) is 37.5 Å². The van der Waals surface area contributed by atoms with Gasteiger partial charge in [-0.25, -0.2) is 9.78 Å². The SMILES string of the molecule is O=C(CCCCNc1ccccn1)N[C@@H](CO)C(=O)NC(CC(=O)OC(=O)C(F)(F)F)c1ccc(-c2ccccc2)cc1. The number of aliphatic hydroxyl groups excluding tert-OH is 1. The van der Waals surface area contributed by atoms with Crippen LogP contribution in [0.1, 0.15) is 37.3 Å². The Kier molecular flexibility index (Phi) is 12.2. The summed E-state index contributed by atoms with van der Waals surface area (Å²) >= 11 is 0. The fraction of sp³-hybridized carbons (Fsp3) is 0.300. The van der Waals surface area contributed by atoms with Crippen molar-refractivity contribution in [2.45, 2.75) is 43.9 Å². The second-order valence-electron chi connectivity index (χ2n) is 9.41. The predicted octanol–water partition coefficient (Wildman–Crippen LogP) is 3.69. The number of hydrogen-bond donors (Lipinski definition) is 4. The van der Waals surface area contributed by atoms with Gasteiger partial charge in [-0.1, -0.05) is 60.7 Å². The third-order valence-electron chi connectivity index (χ3n) is 6.18. The topological polar surface area (TPSA) is 147 Å². The molecule has 0 bridgehead atoms. The number of aromatic nitrogens is 1. The minimum atomic E-state index is -5.38. The van der Waals surface area contributed by atoms with Gasteiger partial charge in [-0.05, 0) is 41.7 Å². The number of esters is 2. The number of carbonyl (C=O) groups is 4. The largest absolute Gasteiger partial charge is 0.491 e. The number of benzene rings is 2. The Hall–Kier alpha value is -4.78. The van der Waals surface area contributed by atoms with Crippen LogP contribution in [0, 0.1) is 0 Å². The van der Waals surface area contributed by atoms with Crippen molar-refractivity contribution in [3.05, 3.63) is 84.6 Å². The molecule has 1 heterocycles. The van der Waals surface area contributed by atoms with Crippen LogP contribution < -0.4 is 16.0 Å². The lowest BCUT2D eigenvalue weighted by molar-refractivity contribution is -0.202. The van der Waals surface area contributed by atoms with Crippen molar-refractivity contribution in [2.24, 2.45) is 0 Å². The number of unbranched alkanes of at least 4 members (excludes halogenated alkanes) is 1. The summed E-state index contributed by atoms with van der Waals surface area (Å²) in [6.45, 7) is -0.221. The summed E-state index contributed by atoms with van der Waals surface area (Å²) in [6, 6.07) is 18.5. The molecule has 0 aliphatic heterocycles. The van der Waals surface area contributed by atoms with Gasteiger partial charge in [0.1, 0.15) is 11.9 Å². The van der Waals surface area contributed by atoms with Gasteiger partial charge in [0.05, 0.1) is 19.1 Å². The van der Waals surface area contributed by atoms with Crippen LogP contribution in [0.15, 0.2) is 79.0 Å². The lowest BCUT2D eigenvalue weighted by atomic mass is 9.98. The van der Waals surface area contributed by atoms with Crippen molar-refractivity contribution in [1.29, 1.82) is 0 Å². The Morgan fingerprint density at radius 1 is 0.860 bits per heavy atom. The number of carbonyl (C=O) groups excluding carboxylic acids is 4. The van der Waals surface area contributed by atoms with E-state index < -0.39 is 55.0 Å². The molecular formula is C30H31F3N4O6. The van der Waals surface area contributed by atoms with Crippen molar-refractivity contribution in [2.75, 3.05) is 18.5 Å². The van der Waals surface area contributed by atoms with E-state index in [0.29, 0.717) is 30.8 Å². The molecule has 228 valence electrons. The normalized spacial score (nSPS) is 12.5.